The summed E-state index contributed by atoms with van der Waals surface area (Å²) >= 11 is 0. The molecule has 7 nitrogen and oxygen atoms in total. The van der Waals surface area contributed by atoms with E-state index in [1.54, 1.807) is 44.2 Å². The Labute approximate surface area is 128 Å². The van der Waals surface area contributed by atoms with Crippen LogP contribution in [0.2, 0.25) is 0 Å². The number of nitrogens with one attached hydrogen (secondary N) is 1. The number of amides is 1. The highest BCUT2D eigenvalue weighted by atomic mass is 32.2. The van der Waals surface area contributed by atoms with E-state index in [1.807, 2.05) is 0 Å². The van der Waals surface area contributed by atoms with Gasteiger partial charge in [0.25, 0.3) is 5.91 Å². The van der Waals surface area contributed by atoms with Crippen LogP contribution >= 0.6 is 0 Å². The van der Waals surface area contributed by atoms with Crippen LogP contribution in [0.25, 0.3) is 0 Å². The van der Waals surface area contributed by atoms with Crippen LogP contribution in [-0.4, -0.2) is 24.3 Å². The van der Waals surface area contributed by atoms with Crippen LogP contribution in [-0.2, 0) is 15.8 Å². The fraction of sp³-hybridized carbons (Fsp3) is 0.214. The third-order valence-electron chi connectivity index (χ3n) is 2.75. The number of benzene rings is 1. The van der Waals surface area contributed by atoms with Crippen molar-refractivity contribution < 1.29 is 13.2 Å². The first-order chi connectivity index (χ1) is 10.2. The molecule has 1 heterocycles. The zero-order valence-corrected chi connectivity index (χ0v) is 13.0. The van der Waals surface area contributed by atoms with Gasteiger partial charge in [0, 0.05) is 11.4 Å². The minimum Gasteiger partial charge on any atom is -0.321 e. The molecule has 3 N–H and O–H groups in total. The molecule has 2 rings (SSSR count). The molecule has 1 aromatic carbocycles. The number of aryl methyl sites for hydroxylation is 2. The predicted octanol–water partition coefficient (Wildman–Crippen LogP) is 1.13. The fourth-order valence-electron chi connectivity index (χ4n) is 2.00. The summed E-state index contributed by atoms with van der Waals surface area (Å²) in [6.45, 7) is 3.48. The van der Waals surface area contributed by atoms with Crippen molar-refractivity contribution in [2.24, 2.45) is 5.14 Å². The van der Waals surface area contributed by atoms with E-state index in [9.17, 15) is 13.2 Å². The van der Waals surface area contributed by atoms with E-state index in [1.165, 1.54) is 0 Å². The summed E-state index contributed by atoms with van der Waals surface area (Å²) in [6.07, 6.45) is 0. The van der Waals surface area contributed by atoms with Crippen molar-refractivity contribution in [3.05, 3.63) is 53.1 Å². The molecule has 8 heteroatoms. The molecule has 116 valence electrons. The van der Waals surface area contributed by atoms with E-state index in [0.717, 1.165) is 0 Å². The maximum absolute atomic E-state index is 12.2. The topological polar surface area (TPSA) is 115 Å². The Kier molecular flexibility index (Phi) is 4.53. The van der Waals surface area contributed by atoms with E-state index in [2.05, 4.69) is 15.3 Å². The minimum atomic E-state index is -3.62. The van der Waals surface area contributed by atoms with E-state index >= 15 is 0 Å². The van der Waals surface area contributed by atoms with Crippen molar-refractivity contribution in [2.45, 2.75) is 19.6 Å². The Morgan fingerprint density at radius 2 is 1.95 bits per heavy atom. The SMILES string of the molecule is Cc1cc(C(=O)Nc2cccc(CS(N)(=O)=O)c2)nc(C)n1. The van der Waals surface area contributed by atoms with Crippen LogP contribution in [0.5, 0.6) is 0 Å². The summed E-state index contributed by atoms with van der Waals surface area (Å²) in [5.74, 6) is -0.169. The summed E-state index contributed by atoms with van der Waals surface area (Å²) in [6, 6.07) is 8.07. The van der Waals surface area contributed by atoms with E-state index in [-0.39, 0.29) is 17.4 Å². The molecular formula is C14H16N4O3S. The van der Waals surface area contributed by atoms with Crippen molar-refractivity contribution in [3.63, 3.8) is 0 Å². The first-order valence-electron chi connectivity index (χ1n) is 6.46. The van der Waals surface area contributed by atoms with Gasteiger partial charge in [-0.1, -0.05) is 12.1 Å². The Balaban J connectivity index is 2.20. The number of hydrogen-bond donors (Lipinski definition) is 2. The molecule has 22 heavy (non-hydrogen) atoms. The Bertz CT molecular complexity index is 798. The lowest BCUT2D eigenvalue weighted by Crippen LogP contribution is -2.16. The monoisotopic (exact) mass is 320 g/mol. The van der Waals surface area contributed by atoms with Gasteiger partial charge in [-0.15, -0.1) is 0 Å². The lowest BCUT2D eigenvalue weighted by atomic mass is 10.2. The highest BCUT2D eigenvalue weighted by Crippen LogP contribution is 2.13. The molecular weight excluding hydrogens is 304 g/mol. The van der Waals surface area contributed by atoms with Crippen LogP contribution < -0.4 is 10.5 Å². The molecule has 0 aliphatic carbocycles. The normalized spacial score (nSPS) is 11.2. The molecule has 1 amide bonds. The number of hydrogen-bond acceptors (Lipinski definition) is 5. The van der Waals surface area contributed by atoms with Crippen LogP contribution in [0.15, 0.2) is 30.3 Å². The lowest BCUT2D eigenvalue weighted by Gasteiger charge is -2.07. The standard InChI is InChI=1S/C14H16N4O3S/c1-9-6-13(17-10(2)16-9)14(19)18-12-5-3-4-11(7-12)8-22(15,20)21/h3-7H,8H2,1-2H3,(H,18,19)(H2,15,20,21). The second-order valence-electron chi connectivity index (χ2n) is 4.90. The summed E-state index contributed by atoms with van der Waals surface area (Å²) in [5.41, 5.74) is 1.91. The molecule has 0 aliphatic rings. The minimum absolute atomic E-state index is 0.252. The van der Waals surface area contributed by atoms with Gasteiger partial charge in [0.15, 0.2) is 0 Å². The number of primary sulfonamides is 1. The van der Waals surface area contributed by atoms with Crippen LogP contribution in [0.3, 0.4) is 0 Å². The number of sulfonamides is 1. The van der Waals surface area contributed by atoms with Gasteiger partial charge in [-0.25, -0.2) is 23.5 Å². The maximum Gasteiger partial charge on any atom is 0.274 e. The molecule has 2 aromatic rings. The van der Waals surface area contributed by atoms with Crippen molar-refractivity contribution >= 4 is 21.6 Å². The van der Waals surface area contributed by atoms with Gasteiger partial charge in [-0.3, -0.25) is 4.79 Å². The van der Waals surface area contributed by atoms with Gasteiger partial charge in [0.2, 0.25) is 10.0 Å². The van der Waals surface area contributed by atoms with E-state index in [0.29, 0.717) is 22.8 Å². The molecule has 0 saturated heterocycles. The molecule has 0 saturated carbocycles. The Hall–Kier alpha value is -2.32. The largest absolute Gasteiger partial charge is 0.321 e. The Morgan fingerprint density at radius 1 is 1.23 bits per heavy atom. The molecule has 0 spiro atoms. The van der Waals surface area contributed by atoms with Gasteiger partial charge in [0.05, 0.1) is 5.75 Å². The second kappa shape index (κ2) is 6.20. The highest BCUT2D eigenvalue weighted by Gasteiger charge is 2.11. The van der Waals surface area contributed by atoms with E-state index < -0.39 is 10.0 Å². The molecule has 0 atom stereocenters. The van der Waals surface area contributed by atoms with Gasteiger partial charge in [-0.05, 0) is 37.6 Å². The number of nitrogens with zero attached hydrogens (tertiary/aromatic N) is 2. The van der Waals surface area contributed by atoms with Crippen molar-refractivity contribution in [3.8, 4) is 0 Å². The number of carbonyl (C=O) groups is 1. The number of rotatable bonds is 4. The van der Waals surface area contributed by atoms with Gasteiger partial charge in [0.1, 0.15) is 11.5 Å². The molecule has 0 unspecified atom stereocenters. The van der Waals surface area contributed by atoms with Gasteiger partial charge >= 0.3 is 0 Å². The first-order valence-corrected chi connectivity index (χ1v) is 8.17. The number of nitrogens with two attached hydrogens (primary N) is 1. The van der Waals surface area contributed by atoms with Crippen LogP contribution in [0.4, 0.5) is 5.69 Å². The molecule has 1 aromatic heterocycles. The average Bonchev–Trinajstić information content (AvgIpc) is 2.35. The summed E-state index contributed by atoms with van der Waals surface area (Å²) in [5, 5.41) is 7.69. The quantitative estimate of drug-likeness (QED) is 0.876. The van der Waals surface area contributed by atoms with Crippen molar-refractivity contribution in [2.75, 3.05) is 5.32 Å². The molecule has 0 fully saturated rings. The Morgan fingerprint density at radius 3 is 2.59 bits per heavy atom. The third kappa shape index (κ3) is 4.61. The predicted molar refractivity (Wildman–Crippen MR) is 82.7 cm³/mol. The lowest BCUT2D eigenvalue weighted by molar-refractivity contribution is 0.102. The van der Waals surface area contributed by atoms with E-state index in [4.69, 9.17) is 5.14 Å². The zero-order chi connectivity index (χ0) is 16.3. The zero-order valence-electron chi connectivity index (χ0n) is 12.2. The maximum atomic E-state index is 12.2. The third-order valence-corrected chi connectivity index (χ3v) is 3.49. The summed E-state index contributed by atoms with van der Waals surface area (Å²) in [7, 11) is -3.62. The van der Waals surface area contributed by atoms with Gasteiger partial charge in [-0.2, -0.15) is 0 Å². The summed E-state index contributed by atoms with van der Waals surface area (Å²) < 4.78 is 22.2. The number of anilines is 1. The molecule has 0 bridgehead atoms. The first kappa shape index (κ1) is 16.1. The number of carbonyl (C=O) groups excluding carboxylic acids is 1. The molecule has 0 aliphatic heterocycles. The fourth-order valence-corrected chi connectivity index (χ4v) is 2.64. The second-order valence-corrected chi connectivity index (χ2v) is 6.52. The van der Waals surface area contributed by atoms with Crippen molar-refractivity contribution in [1.29, 1.82) is 0 Å². The molecule has 0 radical (unpaired) electrons. The smallest absolute Gasteiger partial charge is 0.274 e. The summed E-state index contributed by atoms with van der Waals surface area (Å²) in [4.78, 5) is 20.4. The average molecular weight is 320 g/mol. The number of aromatic nitrogens is 2. The highest BCUT2D eigenvalue weighted by molar-refractivity contribution is 7.88. The van der Waals surface area contributed by atoms with Crippen LogP contribution in [0, 0.1) is 13.8 Å². The van der Waals surface area contributed by atoms with Gasteiger partial charge < -0.3 is 5.32 Å². The van der Waals surface area contributed by atoms with Crippen molar-refractivity contribution in [1.82, 2.24) is 9.97 Å². The van der Waals surface area contributed by atoms with Crippen LogP contribution in [0.1, 0.15) is 27.6 Å².